The summed E-state index contributed by atoms with van der Waals surface area (Å²) in [6.07, 6.45) is 3.48. The average molecular weight is 409 g/mol. The molecular formula is C17H20N4O4S2. The molecule has 144 valence electrons. The maximum absolute atomic E-state index is 12.4. The van der Waals surface area contributed by atoms with Gasteiger partial charge < -0.3 is 4.98 Å². The van der Waals surface area contributed by atoms with E-state index >= 15 is 0 Å². The molecule has 0 saturated heterocycles. The van der Waals surface area contributed by atoms with Gasteiger partial charge in [-0.1, -0.05) is 12.1 Å². The van der Waals surface area contributed by atoms with E-state index in [1.165, 1.54) is 26.2 Å². The molecule has 0 aliphatic heterocycles. The molecular weight excluding hydrogens is 388 g/mol. The van der Waals surface area contributed by atoms with E-state index in [0.717, 1.165) is 26.5 Å². The molecule has 0 amide bonds. The van der Waals surface area contributed by atoms with Crippen LogP contribution in [0.1, 0.15) is 0 Å². The molecule has 2 N–H and O–H groups in total. The topological polar surface area (TPSA) is 112 Å². The van der Waals surface area contributed by atoms with E-state index in [-0.39, 0.29) is 17.2 Å². The second kappa shape index (κ2) is 7.39. The van der Waals surface area contributed by atoms with Gasteiger partial charge in [0.25, 0.3) is 0 Å². The highest BCUT2D eigenvalue weighted by Crippen LogP contribution is 2.27. The van der Waals surface area contributed by atoms with Crippen molar-refractivity contribution in [2.24, 2.45) is 0 Å². The second-order valence-electron chi connectivity index (χ2n) is 6.12. The highest BCUT2D eigenvalue weighted by molar-refractivity contribution is 7.90. The van der Waals surface area contributed by atoms with Gasteiger partial charge in [-0.05, 0) is 35.4 Å². The molecule has 0 saturated carbocycles. The lowest BCUT2D eigenvalue weighted by atomic mass is 10.0. The Hall–Kier alpha value is -2.27. The van der Waals surface area contributed by atoms with Gasteiger partial charge in [0.2, 0.25) is 20.0 Å². The molecule has 0 aliphatic carbocycles. The number of nitrogens with zero attached hydrogens (tertiary/aromatic N) is 2. The van der Waals surface area contributed by atoms with Gasteiger partial charge in [-0.2, -0.15) is 0 Å². The zero-order chi connectivity index (χ0) is 19.7. The summed E-state index contributed by atoms with van der Waals surface area (Å²) in [6.45, 7) is -0.196. The third-order valence-corrected chi connectivity index (χ3v) is 7.45. The molecule has 0 fully saturated rings. The Labute approximate surface area is 158 Å². The summed E-state index contributed by atoms with van der Waals surface area (Å²) in [5.41, 5.74) is 2.55. The molecule has 0 atom stereocenters. The zero-order valence-corrected chi connectivity index (χ0v) is 16.5. The van der Waals surface area contributed by atoms with Crippen molar-refractivity contribution in [3.63, 3.8) is 0 Å². The van der Waals surface area contributed by atoms with E-state index in [0.29, 0.717) is 0 Å². The van der Waals surface area contributed by atoms with Crippen molar-refractivity contribution in [2.75, 3.05) is 26.4 Å². The van der Waals surface area contributed by atoms with Gasteiger partial charge in [0.1, 0.15) is 5.65 Å². The molecule has 0 radical (unpaired) electrons. The smallest absolute Gasteiger partial charge is 0.240 e. The van der Waals surface area contributed by atoms with Crippen LogP contribution in [0.3, 0.4) is 0 Å². The van der Waals surface area contributed by atoms with E-state index in [1.807, 2.05) is 12.1 Å². The summed E-state index contributed by atoms with van der Waals surface area (Å²) in [5, 5.41) is 0.945. The second-order valence-corrected chi connectivity index (χ2v) is 10.2. The van der Waals surface area contributed by atoms with Crippen molar-refractivity contribution < 1.29 is 16.8 Å². The van der Waals surface area contributed by atoms with Crippen LogP contribution in [0, 0.1) is 0 Å². The molecule has 0 spiro atoms. The predicted octanol–water partition coefficient (Wildman–Crippen LogP) is 1.40. The minimum atomic E-state index is -3.79. The number of pyridine rings is 1. The summed E-state index contributed by atoms with van der Waals surface area (Å²) >= 11 is 0. The summed E-state index contributed by atoms with van der Waals surface area (Å²) in [4.78, 5) is 7.35. The van der Waals surface area contributed by atoms with Gasteiger partial charge in [-0.25, -0.2) is 30.8 Å². The van der Waals surface area contributed by atoms with Crippen molar-refractivity contribution in [3.05, 3.63) is 48.8 Å². The van der Waals surface area contributed by atoms with Crippen LogP contribution in [0.25, 0.3) is 22.2 Å². The highest BCUT2D eigenvalue weighted by atomic mass is 32.2. The fraction of sp³-hybridized carbons (Fsp3) is 0.235. The van der Waals surface area contributed by atoms with Gasteiger partial charge in [-0.15, -0.1) is 0 Å². The molecule has 1 aromatic carbocycles. The lowest BCUT2D eigenvalue weighted by molar-refractivity contribution is 0.519. The number of benzene rings is 1. The molecule has 27 heavy (non-hydrogen) atoms. The van der Waals surface area contributed by atoms with Crippen molar-refractivity contribution in [1.29, 1.82) is 0 Å². The van der Waals surface area contributed by atoms with E-state index in [9.17, 15) is 16.8 Å². The standard InChI is InChI=1S/C17H20N4O4S2/c1-21(2)26(22,23)12-11-20-27(24,25)14-5-3-13(4-6-14)15-7-9-18-17-16(15)8-10-19-17/h3-10,20H,11-12H2,1-2H3,(H,18,19). The van der Waals surface area contributed by atoms with E-state index in [2.05, 4.69) is 14.7 Å². The van der Waals surface area contributed by atoms with Crippen LogP contribution >= 0.6 is 0 Å². The largest absolute Gasteiger partial charge is 0.346 e. The Bertz CT molecular complexity index is 1150. The van der Waals surface area contributed by atoms with Gasteiger partial charge in [-0.3, -0.25) is 0 Å². The number of sulfonamides is 2. The first kappa shape index (κ1) is 19.5. The lowest BCUT2D eigenvalue weighted by Crippen LogP contribution is -2.33. The summed E-state index contributed by atoms with van der Waals surface area (Å²) in [7, 11) is -4.44. The highest BCUT2D eigenvalue weighted by Gasteiger charge is 2.18. The van der Waals surface area contributed by atoms with E-state index in [4.69, 9.17) is 0 Å². The zero-order valence-electron chi connectivity index (χ0n) is 14.9. The van der Waals surface area contributed by atoms with Gasteiger partial charge >= 0.3 is 0 Å². The third kappa shape index (κ3) is 4.19. The van der Waals surface area contributed by atoms with Crippen LogP contribution < -0.4 is 4.72 Å². The number of aromatic nitrogens is 2. The minimum absolute atomic E-state index is 0.0767. The molecule has 8 nitrogen and oxygen atoms in total. The van der Waals surface area contributed by atoms with Crippen LogP contribution in [0.2, 0.25) is 0 Å². The Kier molecular flexibility index (Phi) is 5.33. The Morgan fingerprint density at radius 3 is 2.41 bits per heavy atom. The van der Waals surface area contributed by atoms with Crippen molar-refractivity contribution in [1.82, 2.24) is 19.0 Å². The number of aromatic amines is 1. The monoisotopic (exact) mass is 408 g/mol. The molecule has 0 aliphatic rings. The predicted molar refractivity (Wildman–Crippen MR) is 104 cm³/mol. The van der Waals surface area contributed by atoms with Gasteiger partial charge in [0, 0.05) is 38.4 Å². The van der Waals surface area contributed by atoms with Crippen molar-refractivity contribution in [3.8, 4) is 11.1 Å². The van der Waals surface area contributed by atoms with Gasteiger partial charge in [0.15, 0.2) is 0 Å². The molecule has 2 heterocycles. The average Bonchev–Trinajstić information content (AvgIpc) is 3.10. The summed E-state index contributed by atoms with van der Waals surface area (Å²) < 4.78 is 51.6. The number of fused-ring (bicyclic) bond motifs is 1. The van der Waals surface area contributed by atoms with Gasteiger partial charge in [0.05, 0.1) is 10.6 Å². The Balaban J connectivity index is 1.77. The fourth-order valence-corrected chi connectivity index (χ4v) is 4.48. The first-order chi connectivity index (χ1) is 12.7. The SMILES string of the molecule is CN(C)S(=O)(=O)CCNS(=O)(=O)c1ccc(-c2ccnc3[nH]ccc23)cc1. The van der Waals surface area contributed by atoms with Crippen LogP contribution in [0.5, 0.6) is 0 Å². The number of rotatable bonds is 7. The van der Waals surface area contributed by atoms with Crippen LogP contribution in [-0.2, 0) is 20.0 Å². The molecule has 10 heteroatoms. The minimum Gasteiger partial charge on any atom is -0.346 e. The first-order valence-corrected chi connectivity index (χ1v) is 11.2. The van der Waals surface area contributed by atoms with E-state index in [1.54, 1.807) is 24.5 Å². The summed E-state index contributed by atoms with van der Waals surface area (Å²) in [6, 6.07) is 10.2. The molecule has 0 bridgehead atoms. The molecule has 3 aromatic rings. The van der Waals surface area contributed by atoms with Crippen LogP contribution in [0.4, 0.5) is 0 Å². The maximum Gasteiger partial charge on any atom is 0.240 e. The Morgan fingerprint density at radius 2 is 1.74 bits per heavy atom. The first-order valence-electron chi connectivity index (χ1n) is 8.13. The lowest BCUT2D eigenvalue weighted by Gasteiger charge is -2.12. The number of H-pyrrole nitrogens is 1. The van der Waals surface area contributed by atoms with Crippen molar-refractivity contribution in [2.45, 2.75) is 4.90 Å². The number of hydrogen-bond acceptors (Lipinski definition) is 5. The summed E-state index contributed by atoms with van der Waals surface area (Å²) in [5.74, 6) is -0.306. The number of hydrogen-bond donors (Lipinski definition) is 2. The third-order valence-electron chi connectivity index (χ3n) is 4.14. The number of nitrogens with one attached hydrogen (secondary N) is 2. The normalized spacial score (nSPS) is 12.7. The Morgan fingerprint density at radius 1 is 1.04 bits per heavy atom. The molecule has 0 unspecified atom stereocenters. The fourth-order valence-electron chi connectivity index (χ4n) is 2.60. The molecule has 3 rings (SSSR count). The van der Waals surface area contributed by atoms with Crippen molar-refractivity contribution >= 4 is 31.1 Å². The maximum atomic E-state index is 12.4. The van der Waals surface area contributed by atoms with Crippen LogP contribution in [-0.4, -0.2) is 57.5 Å². The quantitative estimate of drug-likeness (QED) is 0.614. The van der Waals surface area contributed by atoms with Crippen LogP contribution in [0.15, 0.2) is 53.7 Å². The van der Waals surface area contributed by atoms with E-state index < -0.39 is 20.0 Å². The molecule has 2 aromatic heterocycles.